The molecule has 1 rings (SSSR count). The van der Waals surface area contributed by atoms with Gasteiger partial charge in [0.05, 0.1) is 12.2 Å². The molecule has 2 nitrogen and oxygen atoms in total. The highest BCUT2D eigenvalue weighted by Crippen LogP contribution is 2.36. The molecule has 0 aliphatic heterocycles. The summed E-state index contributed by atoms with van der Waals surface area (Å²) in [5.41, 5.74) is 0. The molecule has 1 aliphatic carbocycles. The van der Waals surface area contributed by atoms with Gasteiger partial charge in [0.25, 0.3) is 0 Å². The molecule has 0 spiro atoms. The topological polar surface area (TPSA) is 40.5 Å². The van der Waals surface area contributed by atoms with E-state index in [1.165, 1.54) is 6.42 Å². The first-order valence-corrected chi connectivity index (χ1v) is 5.92. The fraction of sp³-hybridized carbons (Fsp3) is 1.00. The Balaban J connectivity index is 2.55. The molecule has 5 unspecified atom stereocenters. The lowest BCUT2D eigenvalue weighted by molar-refractivity contribution is -0.0166. The van der Waals surface area contributed by atoms with Gasteiger partial charge in [0.2, 0.25) is 0 Å². The molecule has 0 amide bonds. The predicted octanol–water partition coefficient (Wildman–Crippen LogP) is 2.19. The molecule has 5 atom stereocenters. The molecular weight excluding hydrogens is 176 g/mol. The maximum Gasteiger partial charge on any atom is 0.0572 e. The van der Waals surface area contributed by atoms with Crippen LogP contribution in [0.15, 0.2) is 0 Å². The van der Waals surface area contributed by atoms with Crippen LogP contribution in [-0.4, -0.2) is 22.4 Å². The van der Waals surface area contributed by atoms with Crippen LogP contribution < -0.4 is 0 Å². The fourth-order valence-corrected chi connectivity index (χ4v) is 2.57. The van der Waals surface area contributed by atoms with Crippen molar-refractivity contribution in [1.29, 1.82) is 0 Å². The SMILES string of the molecule is CCC1CCC(O)C(C(C)C(C)O)C1. The molecule has 1 saturated carbocycles. The van der Waals surface area contributed by atoms with Gasteiger partial charge in [-0.2, -0.15) is 0 Å². The number of aliphatic hydroxyl groups is 2. The van der Waals surface area contributed by atoms with Crippen molar-refractivity contribution >= 4 is 0 Å². The highest BCUT2D eigenvalue weighted by atomic mass is 16.3. The maximum atomic E-state index is 9.89. The summed E-state index contributed by atoms with van der Waals surface area (Å²) in [5.74, 6) is 1.28. The van der Waals surface area contributed by atoms with Crippen molar-refractivity contribution in [3.05, 3.63) is 0 Å². The van der Waals surface area contributed by atoms with Crippen LogP contribution in [0.25, 0.3) is 0 Å². The highest BCUT2D eigenvalue weighted by molar-refractivity contribution is 4.84. The van der Waals surface area contributed by atoms with Crippen LogP contribution in [0, 0.1) is 17.8 Å². The van der Waals surface area contributed by atoms with Crippen molar-refractivity contribution in [1.82, 2.24) is 0 Å². The van der Waals surface area contributed by atoms with Gasteiger partial charge >= 0.3 is 0 Å². The summed E-state index contributed by atoms with van der Waals surface area (Å²) in [4.78, 5) is 0. The summed E-state index contributed by atoms with van der Waals surface area (Å²) in [6.07, 6.45) is 3.87. The van der Waals surface area contributed by atoms with Crippen LogP contribution in [0.3, 0.4) is 0 Å². The van der Waals surface area contributed by atoms with Crippen LogP contribution in [0.4, 0.5) is 0 Å². The van der Waals surface area contributed by atoms with E-state index in [1.807, 2.05) is 6.92 Å². The van der Waals surface area contributed by atoms with Crippen molar-refractivity contribution in [3.63, 3.8) is 0 Å². The molecule has 0 bridgehead atoms. The van der Waals surface area contributed by atoms with E-state index in [2.05, 4.69) is 13.8 Å². The van der Waals surface area contributed by atoms with Crippen molar-refractivity contribution in [2.75, 3.05) is 0 Å². The molecule has 0 aromatic carbocycles. The van der Waals surface area contributed by atoms with Gasteiger partial charge in [-0.1, -0.05) is 20.3 Å². The first kappa shape index (κ1) is 12.0. The molecule has 0 heterocycles. The average molecular weight is 200 g/mol. The molecule has 1 fully saturated rings. The van der Waals surface area contributed by atoms with E-state index in [0.717, 1.165) is 25.2 Å². The second-order valence-electron chi connectivity index (χ2n) is 4.92. The Morgan fingerprint density at radius 3 is 2.43 bits per heavy atom. The van der Waals surface area contributed by atoms with Crippen LogP contribution in [0.2, 0.25) is 0 Å². The average Bonchev–Trinajstić information content (AvgIpc) is 2.17. The molecule has 0 aromatic heterocycles. The zero-order valence-corrected chi connectivity index (χ0v) is 9.61. The van der Waals surface area contributed by atoms with Crippen LogP contribution >= 0.6 is 0 Å². The molecule has 2 heteroatoms. The number of aliphatic hydroxyl groups excluding tert-OH is 2. The Labute approximate surface area is 87.3 Å². The minimum Gasteiger partial charge on any atom is -0.393 e. The Kier molecular flexibility index (Phi) is 4.39. The summed E-state index contributed by atoms with van der Waals surface area (Å²) in [6.45, 7) is 6.09. The zero-order chi connectivity index (χ0) is 10.7. The minimum atomic E-state index is -0.301. The van der Waals surface area contributed by atoms with E-state index < -0.39 is 0 Å². The molecule has 1 aliphatic rings. The van der Waals surface area contributed by atoms with Gasteiger partial charge in [0.1, 0.15) is 0 Å². The quantitative estimate of drug-likeness (QED) is 0.733. The van der Waals surface area contributed by atoms with Crippen molar-refractivity contribution in [3.8, 4) is 0 Å². The lowest BCUT2D eigenvalue weighted by Crippen LogP contribution is -2.37. The van der Waals surface area contributed by atoms with E-state index in [9.17, 15) is 10.2 Å². The highest BCUT2D eigenvalue weighted by Gasteiger charge is 2.33. The summed E-state index contributed by atoms with van der Waals surface area (Å²) in [6, 6.07) is 0. The number of hydrogen-bond acceptors (Lipinski definition) is 2. The van der Waals surface area contributed by atoms with Gasteiger partial charge in [-0.15, -0.1) is 0 Å². The second-order valence-corrected chi connectivity index (χ2v) is 4.92. The largest absolute Gasteiger partial charge is 0.393 e. The van der Waals surface area contributed by atoms with Gasteiger partial charge < -0.3 is 10.2 Å². The molecular formula is C12H24O2. The Morgan fingerprint density at radius 2 is 1.93 bits per heavy atom. The van der Waals surface area contributed by atoms with Gasteiger partial charge in [0, 0.05) is 0 Å². The normalized spacial score (nSPS) is 37.9. The lowest BCUT2D eigenvalue weighted by Gasteiger charge is -2.37. The summed E-state index contributed by atoms with van der Waals surface area (Å²) in [7, 11) is 0. The fourth-order valence-electron chi connectivity index (χ4n) is 2.57. The Morgan fingerprint density at radius 1 is 1.29 bits per heavy atom. The third kappa shape index (κ3) is 2.71. The molecule has 2 N–H and O–H groups in total. The smallest absolute Gasteiger partial charge is 0.0572 e. The Hall–Kier alpha value is -0.0800. The first-order valence-electron chi connectivity index (χ1n) is 5.92. The maximum absolute atomic E-state index is 9.89. The number of hydrogen-bond donors (Lipinski definition) is 2. The monoisotopic (exact) mass is 200 g/mol. The lowest BCUT2D eigenvalue weighted by atomic mass is 9.72. The van der Waals surface area contributed by atoms with Gasteiger partial charge in [0.15, 0.2) is 0 Å². The van der Waals surface area contributed by atoms with Gasteiger partial charge in [-0.3, -0.25) is 0 Å². The zero-order valence-electron chi connectivity index (χ0n) is 9.61. The first-order chi connectivity index (χ1) is 6.56. The summed E-state index contributed by atoms with van der Waals surface area (Å²) >= 11 is 0. The van der Waals surface area contributed by atoms with Gasteiger partial charge in [-0.05, 0) is 43.9 Å². The van der Waals surface area contributed by atoms with Crippen LogP contribution in [0.1, 0.15) is 46.5 Å². The predicted molar refractivity (Wildman–Crippen MR) is 58.0 cm³/mol. The molecule has 0 aromatic rings. The third-order valence-electron chi connectivity index (χ3n) is 3.98. The number of rotatable bonds is 3. The van der Waals surface area contributed by atoms with E-state index in [-0.39, 0.29) is 18.1 Å². The van der Waals surface area contributed by atoms with Crippen molar-refractivity contribution in [2.45, 2.75) is 58.7 Å². The van der Waals surface area contributed by atoms with E-state index in [0.29, 0.717) is 5.92 Å². The molecule has 0 radical (unpaired) electrons. The minimum absolute atomic E-state index is 0.192. The van der Waals surface area contributed by atoms with Gasteiger partial charge in [-0.25, -0.2) is 0 Å². The van der Waals surface area contributed by atoms with E-state index in [4.69, 9.17) is 0 Å². The summed E-state index contributed by atoms with van der Waals surface area (Å²) in [5, 5.41) is 19.4. The van der Waals surface area contributed by atoms with Crippen LogP contribution in [0.5, 0.6) is 0 Å². The van der Waals surface area contributed by atoms with E-state index in [1.54, 1.807) is 0 Å². The second kappa shape index (κ2) is 5.13. The molecule has 0 saturated heterocycles. The van der Waals surface area contributed by atoms with Crippen LogP contribution in [-0.2, 0) is 0 Å². The third-order valence-corrected chi connectivity index (χ3v) is 3.98. The van der Waals surface area contributed by atoms with Crippen molar-refractivity contribution in [2.24, 2.45) is 17.8 Å². The Bertz CT molecular complexity index is 168. The molecule has 14 heavy (non-hydrogen) atoms. The van der Waals surface area contributed by atoms with E-state index >= 15 is 0 Å². The standard InChI is InChI=1S/C12H24O2/c1-4-10-5-6-12(14)11(7-10)8(2)9(3)13/h8-14H,4-7H2,1-3H3. The van der Waals surface area contributed by atoms with Crippen molar-refractivity contribution < 1.29 is 10.2 Å². The molecule has 84 valence electrons. The summed E-state index contributed by atoms with van der Waals surface area (Å²) < 4.78 is 0.